The van der Waals surface area contributed by atoms with Crippen LogP contribution in [-0.4, -0.2) is 38.5 Å². The van der Waals surface area contributed by atoms with Crippen LogP contribution in [0.2, 0.25) is 0 Å². The smallest absolute Gasteiger partial charge is 0.244 e. The van der Waals surface area contributed by atoms with Gasteiger partial charge in [-0.25, -0.2) is 8.42 Å². The quantitative estimate of drug-likeness (QED) is 0.731. The SMILES string of the molecule is CCS(=O)(=O)CCNC(=O)C=Cc1cccc(OC2CCCC2)c1. The van der Waals surface area contributed by atoms with Crippen molar-refractivity contribution in [2.45, 2.75) is 38.7 Å². The zero-order valence-electron chi connectivity index (χ0n) is 14.0. The number of rotatable bonds is 8. The fourth-order valence-corrected chi connectivity index (χ4v) is 3.30. The second-order valence-corrected chi connectivity index (χ2v) is 8.43. The molecule has 0 saturated heterocycles. The summed E-state index contributed by atoms with van der Waals surface area (Å²) in [5, 5.41) is 2.58. The van der Waals surface area contributed by atoms with E-state index in [1.54, 1.807) is 13.0 Å². The summed E-state index contributed by atoms with van der Waals surface area (Å²) in [6.45, 7) is 1.72. The monoisotopic (exact) mass is 351 g/mol. The van der Waals surface area contributed by atoms with Crippen LogP contribution in [0.15, 0.2) is 30.3 Å². The molecule has 0 radical (unpaired) electrons. The van der Waals surface area contributed by atoms with E-state index in [1.807, 2.05) is 24.3 Å². The minimum absolute atomic E-state index is 0.0339. The maximum atomic E-state index is 11.7. The van der Waals surface area contributed by atoms with E-state index < -0.39 is 9.84 Å². The largest absolute Gasteiger partial charge is 0.490 e. The first-order valence-corrected chi connectivity index (χ1v) is 10.2. The van der Waals surface area contributed by atoms with Gasteiger partial charge in [0, 0.05) is 18.4 Å². The molecule has 0 spiro atoms. The molecule has 1 aliphatic carbocycles. The fourth-order valence-electron chi connectivity index (χ4n) is 2.60. The molecule has 1 aromatic rings. The standard InChI is InChI=1S/C18H25NO4S/c1-2-24(21,22)13-12-19-18(20)11-10-15-6-5-9-17(14-15)23-16-7-3-4-8-16/h5-6,9-11,14,16H,2-4,7-8,12-13H2,1H3,(H,19,20). The van der Waals surface area contributed by atoms with Crippen molar-refractivity contribution in [3.8, 4) is 5.75 Å². The summed E-state index contributed by atoms with van der Waals surface area (Å²) < 4.78 is 28.6. The first kappa shape index (κ1) is 18.5. The predicted molar refractivity (Wildman–Crippen MR) is 95.7 cm³/mol. The summed E-state index contributed by atoms with van der Waals surface area (Å²) in [4.78, 5) is 11.7. The van der Waals surface area contributed by atoms with Crippen LogP contribution in [0.25, 0.3) is 6.08 Å². The maximum Gasteiger partial charge on any atom is 0.244 e. The number of benzene rings is 1. The van der Waals surface area contributed by atoms with E-state index >= 15 is 0 Å². The van der Waals surface area contributed by atoms with Crippen molar-refractivity contribution in [1.29, 1.82) is 0 Å². The molecule has 2 rings (SSSR count). The molecule has 24 heavy (non-hydrogen) atoms. The molecule has 1 N–H and O–H groups in total. The molecule has 1 aliphatic rings. The third-order valence-electron chi connectivity index (χ3n) is 4.04. The summed E-state index contributed by atoms with van der Waals surface area (Å²) in [7, 11) is -3.05. The third kappa shape index (κ3) is 6.35. The van der Waals surface area contributed by atoms with Gasteiger partial charge in [-0.15, -0.1) is 0 Å². The Labute approximate surface area is 144 Å². The van der Waals surface area contributed by atoms with Gasteiger partial charge in [0.15, 0.2) is 9.84 Å². The first-order chi connectivity index (χ1) is 11.5. The van der Waals surface area contributed by atoms with Crippen molar-refractivity contribution in [3.63, 3.8) is 0 Å². The highest BCUT2D eigenvalue weighted by molar-refractivity contribution is 7.91. The van der Waals surface area contributed by atoms with E-state index in [0.29, 0.717) is 6.10 Å². The number of amides is 1. The lowest BCUT2D eigenvalue weighted by Gasteiger charge is -2.13. The summed E-state index contributed by atoms with van der Waals surface area (Å²) in [6, 6.07) is 7.62. The first-order valence-electron chi connectivity index (χ1n) is 8.41. The number of carbonyl (C=O) groups is 1. The highest BCUT2D eigenvalue weighted by atomic mass is 32.2. The number of hydrogen-bond donors (Lipinski definition) is 1. The van der Waals surface area contributed by atoms with Crippen LogP contribution in [0.4, 0.5) is 0 Å². The van der Waals surface area contributed by atoms with E-state index in [9.17, 15) is 13.2 Å². The van der Waals surface area contributed by atoms with E-state index in [-0.39, 0.29) is 24.0 Å². The van der Waals surface area contributed by atoms with Gasteiger partial charge < -0.3 is 10.1 Å². The van der Waals surface area contributed by atoms with Crippen molar-refractivity contribution >= 4 is 21.8 Å². The highest BCUT2D eigenvalue weighted by Crippen LogP contribution is 2.24. The van der Waals surface area contributed by atoms with Gasteiger partial charge in [0.25, 0.3) is 0 Å². The second kappa shape index (κ2) is 8.87. The normalized spacial score (nSPS) is 15.7. The van der Waals surface area contributed by atoms with Crippen LogP contribution in [0, 0.1) is 0 Å². The summed E-state index contributed by atoms with van der Waals surface area (Å²) in [6.07, 6.45) is 8.05. The average Bonchev–Trinajstić information content (AvgIpc) is 3.06. The van der Waals surface area contributed by atoms with Crippen molar-refractivity contribution in [2.24, 2.45) is 0 Å². The Morgan fingerprint density at radius 1 is 1.33 bits per heavy atom. The van der Waals surface area contributed by atoms with E-state index in [2.05, 4.69) is 5.32 Å². The lowest BCUT2D eigenvalue weighted by atomic mass is 10.2. The van der Waals surface area contributed by atoms with Gasteiger partial charge in [0.1, 0.15) is 5.75 Å². The molecule has 1 amide bonds. The lowest BCUT2D eigenvalue weighted by Crippen LogP contribution is -2.28. The van der Waals surface area contributed by atoms with Gasteiger partial charge in [0.2, 0.25) is 5.91 Å². The zero-order chi connectivity index (χ0) is 17.4. The van der Waals surface area contributed by atoms with Gasteiger partial charge in [-0.1, -0.05) is 19.1 Å². The molecule has 0 bridgehead atoms. The molecule has 0 aliphatic heterocycles. The molecular formula is C18H25NO4S. The van der Waals surface area contributed by atoms with Crippen LogP contribution in [0.3, 0.4) is 0 Å². The van der Waals surface area contributed by atoms with Crippen LogP contribution < -0.4 is 10.1 Å². The summed E-state index contributed by atoms with van der Waals surface area (Å²) >= 11 is 0. The highest BCUT2D eigenvalue weighted by Gasteiger charge is 2.16. The number of nitrogens with one attached hydrogen (secondary N) is 1. The third-order valence-corrected chi connectivity index (χ3v) is 5.75. The predicted octanol–water partition coefficient (Wildman–Crippen LogP) is 2.57. The Hall–Kier alpha value is -1.82. The molecule has 0 unspecified atom stereocenters. The van der Waals surface area contributed by atoms with Gasteiger partial charge >= 0.3 is 0 Å². The minimum Gasteiger partial charge on any atom is -0.490 e. The van der Waals surface area contributed by atoms with Crippen LogP contribution in [0.5, 0.6) is 5.75 Å². The topological polar surface area (TPSA) is 72.5 Å². The molecule has 6 heteroatoms. The van der Waals surface area contributed by atoms with Crippen LogP contribution >= 0.6 is 0 Å². The molecule has 0 heterocycles. The van der Waals surface area contributed by atoms with Crippen LogP contribution in [0.1, 0.15) is 38.2 Å². The van der Waals surface area contributed by atoms with Crippen molar-refractivity contribution in [1.82, 2.24) is 5.32 Å². The Morgan fingerprint density at radius 3 is 2.79 bits per heavy atom. The van der Waals surface area contributed by atoms with Crippen LogP contribution in [-0.2, 0) is 14.6 Å². The lowest BCUT2D eigenvalue weighted by molar-refractivity contribution is -0.116. The molecular weight excluding hydrogens is 326 g/mol. The molecule has 1 fully saturated rings. The molecule has 5 nitrogen and oxygen atoms in total. The zero-order valence-corrected chi connectivity index (χ0v) is 14.8. The molecule has 1 saturated carbocycles. The average molecular weight is 351 g/mol. The Balaban J connectivity index is 1.83. The van der Waals surface area contributed by atoms with E-state index in [1.165, 1.54) is 18.9 Å². The van der Waals surface area contributed by atoms with Crippen molar-refractivity contribution < 1.29 is 17.9 Å². The number of sulfone groups is 1. The van der Waals surface area contributed by atoms with Crippen molar-refractivity contribution in [2.75, 3.05) is 18.1 Å². The fraction of sp³-hybridized carbons (Fsp3) is 0.500. The number of ether oxygens (including phenoxy) is 1. The molecule has 1 aromatic carbocycles. The maximum absolute atomic E-state index is 11.7. The van der Waals surface area contributed by atoms with E-state index in [4.69, 9.17) is 4.74 Å². The van der Waals surface area contributed by atoms with Crippen molar-refractivity contribution in [3.05, 3.63) is 35.9 Å². The Bertz CT molecular complexity index is 676. The van der Waals surface area contributed by atoms with E-state index in [0.717, 1.165) is 24.2 Å². The minimum atomic E-state index is -3.05. The Kier molecular flexibility index (Phi) is 6.85. The Morgan fingerprint density at radius 2 is 2.08 bits per heavy atom. The van der Waals surface area contributed by atoms with Gasteiger partial charge in [-0.2, -0.15) is 0 Å². The number of hydrogen-bond acceptors (Lipinski definition) is 4. The number of carbonyl (C=O) groups excluding carboxylic acids is 1. The summed E-state index contributed by atoms with van der Waals surface area (Å²) in [5.74, 6) is 0.572. The molecule has 0 aromatic heterocycles. The van der Waals surface area contributed by atoms with Gasteiger partial charge in [-0.3, -0.25) is 4.79 Å². The molecule has 0 atom stereocenters. The summed E-state index contributed by atoms with van der Waals surface area (Å²) in [5.41, 5.74) is 0.877. The molecule has 132 valence electrons. The second-order valence-electron chi connectivity index (χ2n) is 5.96. The van der Waals surface area contributed by atoms with Gasteiger partial charge in [-0.05, 0) is 49.5 Å². The van der Waals surface area contributed by atoms with Gasteiger partial charge in [0.05, 0.1) is 11.9 Å².